The summed E-state index contributed by atoms with van der Waals surface area (Å²) in [5.74, 6) is -1.20. The van der Waals surface area contributed by atoms with Crippen LogP contribution in [0, 0.1) is 5.92 Å². The minimum absolute atomic E-state index is 0.274. The van der Waals surface area contributed by atoms with Gasteiger partial charge in [-0.2, -0.15) is 0 Å². The number of carbonyl (C=O) groups is 2. The highest BCUT2D eigenvalue weighted by atomic mass is 35.5. The number of nitrogens with zero attached hydrogens (tertiary/aromatic N) is 1. The van der Waals surface area contributed by atoms with Crippen LogP contribution in [0.2, 0.25) is 0 Å². The van der Waals surface area contributed by atoms with Crippen molar-refractivity contribution in [1.29, 1.82) is 0 Å². The standard InChI is InChI=1S/C20H28ClNO5/c1-3-4-11-27-18(24)12-15-13-22(10-8-17(15)23)14-16-7-5-6-9-20(16,21)19(25)26-2/h5-7,9,12,16-17,23H,3-4,8,10-11,13-14H2,1-2H3/b15-12+. The number of carbonyl (C=O) groups excluding carboxylic acids is 2. The molecular weight excluding hydrogens is 370 g/mol. The summed E-state index contributed by atoms with van der Waals surface area (Å²) in [7, 11) is 1.32. The van der Waals surface area contributed by atoms with Gasteiger partial charge >= 0.3 is 11.9 Å². The molecule has 7 heteroatoms. The zero-order valence-corrected chi connectivity index (χ0v) is 16.7. The topological polar surface area (TPSA) is 76.1 Å². The number of halogens is 1. The third-order valence-electron chi connectivity index (χ3n) is 4.88. The Labute approximate surface area is 165 Å². The first-order chi connectivity index (χ1) is 12.9. The van der Waals surface area contributed by atoms with Crippen molar-refractivity contribution in [1.82, 2.24) is 4.90 Å². The zero-order chi connectivity index (χ0) is 19.9. The van der Waals surface area contributed by atoms with Gasteiger partial charge in [0.25, 0.3) is 0 Å². The molecule has 6 nitrogen and oxygen atoms in total. The van der Waals surface area contributed by atoms with E-state index in [0.717, 1.165) is 12.8 Å². The first-order valence-electron chi connectivity index (χ1n) is 9.31. The minimum atomic E-state index is -1.25. The van der Waals surface area contributed by atoms with Crippen molar-refractivity contribution in [2.24, 2.45) is 5.92 Å². The van der Waals surface area contributed by atoms with Crippen molar-refractivity contribution >= 4 is 23.5 Å². The van der Waals surface area contributed by atoms with E-state index in [0.29, 0.717) is 38.2 Å². The third kappa shape index (κ3) is 5.67. The molecule has 1 N–H and O–H groups in total. The van der Waals surface area contributed by atoms with E-state index in [2.05, 4.69) is 4.90 Å². The normalized spacial score (nSPS) is 29.7. The highest BCUT2D eigenvalue weighted by molar-refractivity contribution is 6.36. The van der Waals surface area contributed by atoms with Crippen LogP contribution in [-0.2, 0) is 19.1 Å². The fraction of sp³-hybridized carbons (Fsp3) is 0.600. The molecule has 2 rings (SSSR count). The fourth-order valence-corrected chi connectivity index (χ4v) is 3.54. The average molecular weight is 398 g/mol. The number of hydrogen-bond donors (Lipinski definition) is 1. The maximum absolute atomic E-state index is 12.2. The molecule has 150 valence electrons. The largest absolute Gasteiger partial charge is 0.467 e. The van der Waals surface area contributed by atoms with E-state index >= 15 is 0 Å². The first-order valence-corrected chi connectivity index (χ1v) is 9.69. The summed E-state index contributed by atoms with van der Waals surface area (Å²) in [6.07, 6.45) is 10.1. The molecule has 0 spiro atoms. The lowest BCUT2D eigenvalue weighted by Gasteiger charge is -2.37. The van der Waals surface area contributed by atoms with Crippen LogP contribution in [-0.4, -0.2) is 66.3 Å². The molecule has 1 saturated heterocycles. The van der Waals surface area contributed by atoms with Crippen molar-refractivity contribution in [3.8, 4) is 0 Å². The molecular formula is C20H28ClNO5. The Morgan fingerprint density at radius 3 is 2.93 bits per heavy atom. The summed E-state index contributed by atoms with van der Waals surface area (Å²) in [6, 6.07) is 0. The number of hydrogen-bond acceptors (Lipinski definition) is 6. The molecule has 0 saturated carbocycles. The summed E-state index contributed by atoms with van der Waals surface area (Å²) >= 11 is 6.55. The van der Waals surface area contributed by atoms with Gasteiger partial charge in [-0.05, 0) is 18.4 Å². The average Bonchev–Trinajstić information content (AvgIpc) is 2.65. The van der Waals surface area contributed by atoms with Gasteiger partial charge in [-0.25, -0.2) is 9.59 Å². The van der Waals surface area contributed by atoms with Crippen LogP contribution in [0.1, 0.15) is 26.2 Å². The molecule has 0 amide bonds. The van der Waals surface area contributed by atoms with Gasteiger partial charge in [0.1, 0.15) is 0 Å². The molecule has 0 bridgehead atoms. The summed E-state index contributed by atoms with van der Waals surface area (Å²) in [4.78, 5) is 24.9. The Morgan fingerprint density at radius 2 is 2.22 bits per heavy atom. The molecule has 0 aromatic rings. The van der Waals surface area contributed by atoms with Gasteiger partial charge in [-0.3, -0.25) is 4.90 Å². The number of ether oxygens (including phenoxy) is 2. The summed E-state index contributed by atoms with van der Waals surface area (Å²) in [5, 5.41) is 10.2. The molecule has 3 unspecified atom stereocenters. The molecule has 0 aromatic carbocycles. The van der Waals surface area contributed by atoms with Crippen molar-refractivity contribution in [2.45, 2.75) is 37.2 Å². The van der Waals surface area contributed by atoms with Crippen LogP contribution >= 0.6 is 11.6 Å². The van der Waals surface area contributed by atoms with Crippen LogP contribution in [0.5, 0.6) is 0 Å². The number of piperidine rings is 1. The highest BCUT2D eigenvalue weighted by Crippen LogP contribution is 2.34. The predicted octanol–water partition coefficient (Wildman–Crippen LogP) is 2.22. The lowest BCUT2D eigenvalue weighted by molar-refractivity contribution is -0.143. The van der Waals surface area contributed by atoms with Crippen molar-refractivity contribution in [3.63, 3.8) is 0 Å². The maximum atomic E-state index is 12.2. The van der Waals surface area contributed by atoms with E-state index in [1.165, 1.54) is 13.2 Å². The van der Waals surface area contributed by atoms with Crippen molar-refractivity contribution < 1.29 is 24.2 Å². The van der Waals surface area contributed by atoms with E-state index in [1.54, 1.807) is 12.2 Å². The number of aliphatic hydroxyl groups excluding tert-OH is 1. The monoisotopic (exact) mass is 397 g/mol. The second kappa shape index (κ2) is 10.1. The summed E-state index contributed by atoms with van der Waals surface area (Å²) in [6.45, 7) is 3.98. The summed E-state index contributed by atoms with van der Waals surface area (Å²) in [5.41, 5.74) is 0.622. The number of rotatable bonds is 7. The van der Waals surface area contributed by atoms with E-state index in [9.17, 15) is 14.7 Å². The van der Waals surface area contributed by atoms with Gasteiger partial charge in [-0.15, -0.1) is 11.6 Å². The maximum Gasteiger partial charge on any atom is 0.331 e. The number of allylic oxidation sites excluding steroid dienone is 2. The van der Waals surface area contributed by atoms with E-state index in [4.69, 9.17) is 21.1 Å². The Balaban J connectivity index is 2.02. The quantitative estimate of drug-likeness (QED) is 0.307. The number of unbranched alkanes of at least 4 members (excludes halogenated alkanes) is 1. The van der Waals surface area contributed by atoms with Gasteiger partial charge in [0.15, 0.2) is 4.87 Å². The van der Waals surface area contributed by atoms with Crippen LogP contribution in [0.15, 0.2) is 36.0 Å². The highest BCUT2D eigenvalue weighted by Gasteiger charge is 2.43. The Hall–Kier alpha value is -1.63. The molecule has 2 aliphatic rings. The van der Waals surface area contributed by atoms with Crippen LogP contribution in [0.4, 0.5) is 0 Å². The zero-order valence-electron chi connectivity index (χ0n) is 15.9. The predicted molar refractivity (Wildman–Crippen MR) is 103 cm³/mol. The van der Waals surface area contributed by atoms with Gasteiger partial charge in [0.2, 0.25) is 0 Å². The molecule has 3 atom stereocenters. The SMILES string of the molecule is CCCCOC(=O)/C=C1\CN(CC2C=CC=CC2(Cl)C(=O)OC)CCC1O. The first kappa shape index (κ1) is 21.7. The Morgan fingerprint density at radius 1 is 1.44 bits per heavy atom. The van der Waals surface area contributed by atoms with Gasteiger partial charge in [0.05, 0.1) is 19.8 Å². The second-order valence-corrected chi connectivity index (χ2v) is 7.52. The van der Waals surface area contributed by atoms with Crippen molar-refractivity contribution in [2.75, 3.05) is 33.4 Å². The number of aliphatic hydroxyl groups is 1. The van der Waals surface area contributed by atoms with Crippen LogP contribution in [0.3, 0.4) is 0 Å². The van der Waals surface area contributed by atoms with Crippen LogP contribution < -0.4 is 0 Å². The second-order valence-electron chi connectivity index (χ2n) is 6.89. The number of esters is 2. The van der Waals surface area contributed by atoms with Gasteiger partial charge in [0, 0.05) is 31.6 Å². The Kier molecular flexibility index (Phi) is 8.07. The molecule has 1 fully saturated rings. The van der Waals surface area contributed by atoms with Crippen molar-refractivity contribution in [3.05, 3.63) is 36.0 Å². The molecule has 1 heterocycles. The lowest BCUT2D eigenvalue weighted by atomic mass is 9.86. The smallest absolute Gasteiger partial charge is 0.331 e. The molecule has 0 aromatic heterocycles. The van der Waals surface area contributed by atoms with E-state index in [-0.39, 0.29) is 5.92 Å². The number of likely N-dealkylation sites (tertiary alicyclic amines) is 1. The van der Waals surface area contributed by atoms with E-state index in [1.807, 2.05) is 19.1 Å². The molecule has 27 heavy (non-hydrogen) atoms. The van der Waals surface area contributed by atoms with Crippen LogP contribution in [0.25, 0.3) is 0 Å². The molecule has 1 aliphatic carbocycles. The van der Waals surface area contributed by atoms with E-state index < -0.39 is 22.9 Å². The minimum Gasteiger partial charge on any atom is -0.467 e. The number of alkyl halides is 1. The molecule has 0 radical (unpaired) electrons. The number of methoxy groups -OCH3 is 1. The van der Waals surface area contributed by atoms with Gasteiger partial charge < -0.3 is 14.6 Å². The summed E-state index contributed by atoms with van der Waals surface area (Å²) < 4.78 is 10.0. The fourth-order valence-electron chi connectivity index (χ4n) is 3.25. The lowest BCUT2D eigenvalue weighted by Crippen LogP contribution is -2.48. The van der Waals surface area contributed by atoms with Gasteiger partial charge in [-0.1, -0.05) is 37.6 Å². The molecule has 1 aliphatic heterocycles. The third-order valence-corrected chi connectivity index (χ3v) is 5.45. The Bertz CT molecular complexity index is 630.